The van der Waals surface area contributed by atoms with Crippen LogP contribution in [-0.4, -0.2) is 54.8 Å². The lowest BCUT2D eigenvalue weighted by atomic mass is 10.0. The Labute approximate surface area is 209 Å². The molecule has 10 heteroatoms. The van der Waals surface area contributed by atoms with Crippen molar-refractivity contribution in [1.82, 2.24) is 10.2 Å². The van der Waals surface area contributed by atoms with E-state index >= 15 is 8.78 Å². The van der Waals surface area contributed by atoms with Gasteiger partial charge < -0.3 is 29.2 Å². The molecule has 5 rings (SSSR count). The fraction of sp³-hybridized carbons (Fsp3) is 0.400. The topological polar surface area (TPSA) is 84.2 Å². The highest BCUT2D eigenvalue weighted by Crippen LogP contribution is 2.36. The summed E-state index contributed by atoms with van der Waals surface area (Å²) in [4.78, 5) is 14.9. The Kier molecular flexibility index (Phi) is 6.69. The number of alkyl halides is 2. The van der Waals surface area contributed by atoms with E-state index in [-0.39, 0.29) is 12.1 Å². The van der Waals surface area contributed by atoms with Gasteiger partial charge in [0.1, 0.15) is 24.9 Å². The van der Waals surface area contributed by atoms with E-state index in [2.05, 4.69) is 21.2 Å². The quantitative estimate of drug-likeness (QED) is 0.454. The minimum Gasteiger partial charge on any atom is -0.486 e. The SMILES string of the molecule is O=C(NC(CN1CCCC1)C(O)c1ccc2c(c1)OCCO2)C(F)(F)c1cc2cc(Br)ccc2o1. The Balaban J connectivity index is 1.39. The van der Waals surface area contributed by atoms with Crippen molar-refractivity contribution in [2.45, 2.75) is 30.9 Å². The molecule has 186 valence electrons. The van der Waals surface area contributed by atoms with Crippen molar-refractivity contribution in [3.05, 3.63) is 58.3 Å². The highest BCUT2D eigenvalue weighted by Gasteiger charge is 2.46. The van der Waals surface area contributed by atoms with Gasteiger partial charge in [0.15, 0.2) is 17.3 Å². The second kappa shape index (κ2) is 9.75. The minimum absolute atomic E-state index is 0.227. The number of furan rings is 1. The predicted molar refractivity (Wildman–Crippen MR) is 128 cm³/mol. The largest absolute Gasteiger partial charge is 0.486 e. The van der Waals surface area contributed by atoms with Crippen molar-refractivity contribution in [2.75, 3.05) is 32.8 Å². The number of aliphatic hydroxyl groups is 1. The van der Waals surface area contributed by atoms with Gasteiger partial charge in [-0.05, 0) is 67.9 Å². The highest BCUT2D eigenvalue weighted by atomic mass is 79.9. The second-order valence-corrected chi connectivity index (χ2v) is 9.72. The predicted octanol–water partition coefficient (Wildman–Crippen LogP) is 4.37. The maximum atomic E-state index is 15.2. The van der Waals surface area contributed by atoms with Gasteiger partial charge in [-0.25, -0.2) is 0 Å². The van der Waals surface area contributed by atoms with Crippen LogP contribution < -0.4 is 14.8 Å². The molecule has 35 heavy (non-hydrogen) atoms. The molecule has 2 N–H and O–H groups in total. The van der Waals surface area contributed by atoms with E-state index in [1.807, 2.05) is 4.90 Å². The zero-order chi connectivity index (χ0) is 24.6. The summed E-state index contributed by atoms with van der Waals surface area (Å²) in [6.45, 7) is 2.58. The molecule has 1 fully saturated rings. The van der Waals surface area contributed by atoms with Crippen molar-refractivity contribution in [3.63, 3.8) is 0 Å². The van der Waals surface area contributed by atoms with Gasteiger partial charge in [-0.3, -0.25) is 4.79 Å². The van der Waals surface area contributed by atoms with Crippen LogP contribution in [0.1, 0.15) is 30.3 Å². The smallest absolute Gasteiger partial charge is 0.380 e. The molecule has 2 aliphatic rings. The maximum absolute atomic E-state index is 15.2. The minimum atomic E-state index is -3.93. The third-order valence-electron chi connectivity index (χ3n) is 6.33. The molecule has 1 aromatic heterocycles. The van der Waals surface area contributed by atoms with Gasteiger partial charge in [-0.15, -0.1) is 0 Å². The molecule has 3 heterocycles. The lowest BCUT2D eigenvalue weighted by Crippen LogP contribution is -2.50. The number of nitrogens with zero attached hydrogens (tertiary/aromatic N) is 1. The third kappa shape index (κ3) is 5.00. The van der Waals surface area contributed by atoms with Gasteiger partial charge in [0.05, 0.1) is 6.04 Å². The molecule has 2 aromatic carbocycles. The van der Waals surface area contributed by atoms with E-state index in [1.54, 1.807) is 36.4 Å². The Hall–Kier alpha value is -2.69. The zero-order valence-electron chi connectivity index (χ0n) is 18.8. The number of hydrogen-bond acceptors (Lipinski definition) is 6. The van der Waals surface area contributed by atoms with Gasteiger partial charge in [0, 0.05) is 16.4 Å². The normalized spacial score (nSPS) is 17.9. The summed E-state index contributed by atoms with van der Waals surface area (Å²) < 4.78 is 47.5. The van der Waals surface area contributed by atoms with Crippen LogP contribution in [0.25, 0.3) is 11.0 Å². The van der Waals surface area contributed by atoms with Crippen molar-refractivity contribution in [1.29, 1.82) is 0 Å². The van der Waals surface area contributed by atoms with E-state index in [0.717, 1.165) is 32.0 Å². The lowest BCUT2D eigenvalue weighted by molar-refractivity contribution is -0.151. The fourth-order valence-electron chi connectivity index (χ4n) is 4.48. The maximum Gasteiger partial charge on any atom is 0.380 e. The first-order valence-corrected chi connectivity index (χ1v) is 12.3. The molecule has 0 spiro atoms. The van der Waals surface area contributed by atoms with Crippen LogP contribution >= 0.6 is 15.9 Å². The van der Waals surface area contributed by atoms with Gasteiger partial charge in [-0.2, -0.15) is 8.78 Å². The van der Waals surface area contributed by atoms with E-state index in [4.69, 9.17) is 13.9 Å². The first kappa shape index (κ1) is 24.0. The molecule has 1 saturated heterocycles. The van der Waals surface area contributed by atoms with E-state index in [9.17, 15) is 9.90 Å². The number of likely N-dealkylation sites (tertiary alicyclic amines) is 1. The number of halogens is 3. The Bertz CT molecular complexity index is 1230. The Morgan fingerprint density at radius 2 is 1.83 bits per heavy atom. The summed E-state index contributed by atoms with van der Waals surface area (Å²) in [5.74, 6) is -5.19. The molecule has 2 aliphatic heterocycles. The number of ether oxygens (including phenoxy) is 2. The number of benzene rings is 2. The van der Waals surface area contributed by atoms with Crippen LogP contribution in [0.3, 0.4) is 0 Å². The van der Waals surface area contributed by atoms with Crippen LogP contribution in [0, 0.1) is 0 Å². The Morgan fingerprint density at radius 1 is 1.09 bits per heavy atom. The van der Waals surface area contributed by atoms with Gasteiger partial charge in [0.25, 0.3) is 5.91 Å². The van der Waals surface area contributed by atoms with Crippen molar-refractivity contribution in [2.24, 2.45) is 0 Å². The first-order chi connectivity index (χ1) is 16.8. The van der Waals surface area contributed by atoms with E-state index < -0.39 is 29.7 Å². The van der Waals surface area contributed by atoms with Crippen molar-refractivity contribution < 1.29 is 32.6 Å². The summed E-state index contributed by atoms with van der Waals surface area (Å²) in [6.07, 6.45) is 0.717. The Morgan fingerprint density at radius 3 is 2.60 bits per heavy atom. The number of aliphatic hydroxyl groups excluding tert-OH is 1. The van der Waals surface area contributed by atoms with Crippen LogP contribution in [0.2, 0.25) is 0 Å². The van der Waals surface area contributed by atoms with Crippen molar-refractivity contribution in [3.8, 4) is 11.5 Å². The number of rotatable bonds is 7. The van der Waals surface area contributed by atoms with Crippen LogP contribution in [0.15, 0.2) is 51.4 Å². The number of carbonyl (C=O) groups is 1. The number of nitrogens with one attached hydrogen (secondary N) is 1. The van der Waals surface area contributed by atoms with E-state index in [0.29, 0.717) is 40.1 Å². The lowest BCUT2D eigenvalue weighted by Gasteiger charge is -2.30. The van der Waals surface area contributed by atoms with Gasteiger partial charge in [0.2, 0.25) is 0 Å². The first-order valence-electron chi connectivity index (χ1n) is 11.5. The van der Waals surface area contributed by atoms with Crippen LogP contribution in [-0.2, 0) is 10.7 Å². The average Bonchev–Trinajstić information content (AvgIpc) is 3.52. The van der Waals surface area contributed by atoms with Crippen LogP contribution in [0.4, 0.5) is 8.78 Å². The van der Waals surface area contributed by atoms with Crippen molar-refractivity contribution >= 4 is 32.8 Å². The molecular weight excluding hydrogens is 526 g/mol. The van der Waals surface area contributed by atoms with E-state index in [1.165, 1.54) is 0 Å². The third-order valence-corrected chi connectivity index (χ3v) is 6.83. The standard InChI is InChI=1S/C25H25BrF2N2O5/c26-17-4-6-19-16(11-17)13-22(35-19)25(27,28)24(32)29-18(14-30-7-1-2-8-30)23(31)15-3-5-20-21(12-15)34-10-9-33-20/h3-6,11-13,18,23,31H,1-2,7-10,14H2,(H,29,32). The molecular formula is C25H25BrF2N2O5. The average molecular weight is 551 g/mol. The summed E-state index contributed by atoms with van der Waals surface area (Å²) in [5.41, 5.74) is 0.691. The monoisotopic (exact) mass is 550 g/mol. The summed E-state index contributed by atoms with van der Waals surface area (Å²) in [6, 6.07) is 9.98. The highest BCUT2D eigenvalue weighted by molar-refractivity contribution is 9.10. The fourth-order valence-corrected chi connectivity index (χ4v) is 4.86. The molecule has 1 amide bonds. The second-order valence-electron chi connectivity index (χ2n) is 8.80. The molecule has 0 radical (unpaired) electrons. The number of fused-ring (bicyclic) bond motifs is 2. The number of carbonyl (C=O) groups excluding carboxylic acids is 1. The van der Waals surface area contributed by atoms with Gasteiger partial charge >= 0.3 is 5.92 Å². The molecule has 7 nitrogen and oxygen atoms in total. The molecule has 0 aliphatic carbocycles. The molecule has 0 saturated carbocycles. The summed E-state index contributed by atoms with van der Waals surface area (Å²) in [7, 11) is 0. The zero-order valence-corrected chi connectivity index (χ0v) is 20.4. The van der Waals surface area contributed by atoms with Gasteiger partial charge in [-0.1, -0.05) is 22.0 Å². The summed E-state index contributed by atoms with van der Waals surface area (Å²) >= 11 is 3.30. The summed E-state index contributed by atoms with van der Waals surface area (Å²) in [5, 5.41) is 14.0. The number of amides is 1. The van der Waals surface area contributed by atoms with Crippen LogP contribution in [0.5, 0.6) is 11.5 Å². The molecule has 2 unspecified atom stereocenters. The molecule has 2 atom stereocenters. The number of hydrogen-bond donors (Lipinski definition) is 2. The molecule has 3 aromatic rings. The molecule has 0 bridgehead atoms.